The molecule has 0 unspecified atom stereocenters. The molecule has 0 saturated carbocycles. The lowest BCUT2D eigenvalue weighted by atomic mass is 10.2. The SMILES string of the molecule is C[C@@H](O)CCCCN(C)C. The highest BCUT2D eigenvalue weighted by atomic mass is 16.3. The van der Waals surface area contributed by atoms with Gasteiger partial charge in [0.1, 0.15) is 0 Å². The Bertz CT molecular complexity index is 61.7. The summed E-state index contributed by atoms with van der Waals surface area (Å²) in [6, 6.07) is 0. The quantitative estimate of drug-likeness (QED) is 0.586. The van der Waals surface area contributed by atoms with Crippen LogP contribution in [0.5, 0.6) is 0 Å². The minimum Gasteiger partial charge on any atom is -0.393 e. The lowest BCUT2D eigenvalue weighted by Gasteiger charge is -2.09. The molecule has 1 N–H and O–H groups in total. The summed E-state index contributed by atoms with van der Waals surface area (Å²) in [4.78, 5) is 2.17. The molecule has 2 heteroatoms. The maximum atomic E-state index is 8.90. The maximum Gasteiger partial charge on any atom is 0.0512 e. The van der Waals surface area contributed by atoms with Crippen LogP contribution in [-0.4, -0.2) is 36.8 Å². The second-order valence-electron chi connectivity index (χ2n) is 3.15. The predicted octanol–water partition coefficient (Wildman–Crippen LogP) is 1.10. The summed E-state index contributed by atoms with van der Waals surface area (Å²) < 4.78 is 0. The van der Waals surface area contributed by atoms with Crippen molar-refractivity contribution in [3.05, 3.63) is 0 Å². The van der Waals surface area contributed by atoms with Crippen molar-refractivity contribution < 1.29 is 5.11 Å². The monoisotopic (exact) mass is 145 g/mol. The molecule has 0 aromatic heterocycles. The van der Waals surface area contributed by atoms with Gasteiger partial charge in [0.05, 0.1) is 6.10 Å². The lowest BCUT2D eigenvalue weighted by Crippen LogP contribution is -2.13. The summed E-state index contributed by atoms with van der Waals surface area (Å²) in [5.74, 6) is 0. The summed E-state index contributed by atoms with van der Waals surface area (Å²) in [5, 5.41) is 8.90. The van der Waals surface area contributed by atoms with Crippen LogP contribution in [0.4, 0.5) is 0 Å². The number of nitrogens with zero attached hydrogens (tertiary/aromatic N) is 1. The van der Waals surface area contributed by atoms with Gasteiger partial charge in [-0.2, -0.15) is 0 Å². The van der Waals surface area contributed by atoms with E-state index >= 15 is 0 Å². The number of aliphatic hydroxyl groups excluding tert-OH is 1. The number of hydrogen-bond donors (Lipinski definition) is 1. The first kappa shape index (κ1) is 9.92. The molecule has 0 aromatic rings. The van der Waals surface area contributed by atoms with Gasteiger partial charge in [-0.25, -0.2) is 0 Å². The van der Waals surface area contributed by atoms with E-state index in [1.807, 2.05) is 6.92 Å². The average molecular weight is 145 g/mol. The summed E-state index contributed by atoms with van der Waals surface area (Å²) in [6.07, 6.45) is 3.14. The molecule has 0 radical (unpaired) electrons. The van der Waals surface area contributed by atoms with Crippen LogP contribution in [0.25, 0.3) is 0 Å². The molecule has 62 valence electrons. The second kappa shape index (κ2) is 5.69. The van der Waals surface area contributed by atoms with E-state index in [-0.39, 0.29) is 6.10 Å². The van der Waals surface area contributed by atoms with E-state index in [4.69, 9.17) is 5.11 Å². The maximum absolute atomic E-state index is 8.90. The topological polar surface area (TPSA) is 23.5 Å². The van der Waals surface area contributed by atoms with Gasteiger partial charge in [0.25, 0.3) is 0 Å². The van der Waals surface area contributed by atoms with Gasteiger partial charge in [-0.1, -0.05) is 0 Å². The Labute approximate surface area is 63.8 Å². The third-order valence-electron chi connectivity index (χ3n) is 1.48. The normalized spacial score (nSPS) is 14.1. The summed E-state index contributed by atoms with van der Waals surface area (Å²) in [5.41, 5.74) is 0. The van der Waals surface area contributed by atoms with Gasteiger partial charge in [0.15, 0.2) is 0 Å². The summed E-state index contributed by atoms with van der Waals surface area (Å²) in [7, 11) is 4.14. The molecule has 0 fully saturated rings. The Hall–Kier alpha value is -0.0800. The average Bonchev–Trinajstić information content (AvgIpc) is 1.79. The fraction of sp³-hybridized carbons (Fsp3) is 1.00. The molecule has 1 atom stereocenters. The number of rotatable bonds is 5. The molecular formula is C8H19NO. The largest absolute Gasteiger partial charge is 0.393 e. The molecule has 0 heterocycles. The standard InChI is InChI=1S/C8H19NO/c1-8(10)6-4-5-7-9(2)3/h8,10H,4-7H2,1-3H3/t8-/m1/s1. The zero-order chi connectivity index (χ0) is 7.98. The van der Waals surface area contributed by atoms with Crippen molar-refractivity contribution in [3.63, 3.8) is 0 Å². The van der Waals surface area contributed by atoms with Crippen molar-refractivity contribution in [1.82, 2.24) is 4.90 Å². The van der Waals surface area contributed by atoms with Crippen molar-refractivity contribution in [3.8, 4) is 0 Å². The zero-order valence-corrected chi connectivity index (χ0v) is 7.30. The molecular weight excluding hydrogens is 126 g/mol. The molecule has 2 nitrogen and oxygen atoms in total. The van der Waals surface area contributed by atoms with Crippen LogP contribution >= 0.6 is 0 Å². The van der Waals surface area contributed by atoms with Gasteiger partial charge in [-0.3, -0.25) is 0 Å². The molecule has 0 spiro atoms. The van der Waals surface area contributed by atoms with Gasteiger partial charge in [-0.15, -0.1) is 0 Å². The van der Waals surface area contributed by atoms with Crippen LogP contribution in [0.1, 0.15) is 26.2 Å². The molecule has 0 rings (SSSR count). The smallest absolute Gasteiger partial charge is 0.0512 e. The summed E-state index contributed by atoms with van der Waals surface area (Å²) in [6.45, 7) is 2.97. The molecule has 0 bridgehead atoms. The molecule has 0 amide bonds. The molecule has 0 saturated heterocycles. The van der Waals surface area contributed by atoms with Crippen molar-refractivity contribution in [1.29, 1.82) is 0 Å². The Morgan fingerprint density at radius 3 is 2.30 bits per heavy atom. The molecule has 10 heavy (non-hydrogen) atoms. The minimum atomic E-state index is -0.123. The Morgan fingerprint density at radius 2 is 1.90 bits per heavy atom. The van der Waals surface area contributed by atoms with Crippen LogP contribution < -0.4 is 0 Å². The number of hydrogen-bond acceptors (Lipinski definition) is 2. The highest BCUT2D eigenvalue weighted by Gasteiger charge is 1.95. The van der Waals surface area contributed by atoms with E-state index in [0.29, 0.717) is 0 Å². The first-order valence-electron chi connectivity index (χ1n) is 3.95. The van der Waals surface area contributed by atoms with Crippen molar-refractivity contribution in [2.45, 2.75) is 32.3 Å². The van der Waals surface area contributed by atoms with Gasteiger partial charge < -0.3 is 10.0 Å². The highest BCUT2D eigenvalue weighted by Crippen LogP contribution is 1.99. The summed E-state index contributed by atoms with van der Waals surface area (Å²) >= 11 is 0. The molecule has 0 aliphatic heterocycles. The zero-order valence-electron chi connectivity index (χ0n) is 7.30. The Kier molecular flexibility index (Phi) is 5.64. The third kappa shape index (κ3) is 7.92. The van der Waals surface area contributed by atoms with E-state index < -0.39 is 0 Å². The number of unbranched alkanes of at least 4 members (excludes halogenated alkanes) is 1. The van der Waals surface area contributed by atoms with E-state index in [9.17, 15) is 0 Å². The predicted molar refractivity (Wildman–Crippen MR) is 44.1 cm³/mol. The van der Waals surface area contributed by atoms with E-state index in [0.717, 1.165) is 19.4 Å². The molecule has 0 aliphatic rings. The number of aliphatic hydroxyl groups is 1. The fourth-order valence-corrected chi connectivity index (χ4v) is 0.868. The van der Waals surface area contributed by atoms with E-state index in [1.165, 1.54) is 6.42 Å². The van der Waals surface area contributed by atoms with E-state index in [1.54, 1.807) is 0 Å². The van der Waals surface area contributed by atoms with Crippen molar-refractivity contribution in [2.75, 3.05) is 20.6 Å². The van der Waals surface area contributed by atoms with E-state index in [2.05, 4.69) is 19.0 Å². The van der Waals surface area contributed by atoms with Gasteiger partial charge >= 0.3 is 0 Å². The highest BCUT2D eigenvalue weighted by molar-refractivity contribution is 4.49. The third-order valence-corrected chi connectivity index (χ3v) is 1.48. The van der Waals surface area contributed by atoms with Crippen molar-refractivity contribution >= 4 is 0 Å². The molecule has 0 aromatic carbocycles. The Balaban J connectivity index is 2.91. The first-order chi connectivity index (χ1) is 4.63. The second-order valence-corrected chi connectivity index (χ2v) is 3.15. The van der Waals surface area contributed by atoms with Crippen molar-refractivity contribution in [2.24, 2.45) is 0 Å². The van der Waals surface area contributed by atoms with Gasteiger partial charge in [0, 0.05) is 0 Å². The van der Waals surface area contributed by atoms with Crippen LogP contribution in [0.2, 0.25) is 0 Å². The molecule has 0 aliphatic carbocycles. The van der Waals surface area contributed by atoms with Crippen LogP contribution in [0.15, 0.2) is 0 Å². The fourth-order valence-electron chi connectivity index (χ4n) is 0.868. The Morgan fingerprint density at radius 1 is 1.30 bits per heavy atom. The van der Waals surface area contributed by atoms with Gasteiger partial charge in [0.2, 0.25) is 0 Å². The lowest BCUT2D eigenvalue weighted by molar-refractivity contribution is 0.179. The van der Waals surface area contributed by atoms with Crippen LogP contribution in [0, 0.1) is 0 Å². The van der Waals surface area contributed by atoms with Gasteiger partial charge in [-0.05, 0) is 46.8 Å². The minimum absolute atomic E-state index is 0.123. The van der Waals surface area contributed by atoms with Crippen LogP contribution in [-0.2, 0) is 0 Å². The van der Waals surface area contributed by atoms with Crippen LogP contribution in [0.3, 0.4) is 0 Å². The first-order valence-corrected chi connectivity index (χ1v) is 3.95.